The van der Waals surface area contributed by atoms with E-state index >= 15 is 0 Å². The van der Waals surface area contributed by atoms with Crippen LogP contribution >= 0.6 is 0 Å². The van der Waals surface area contributed by atoms with Gasteiger partial charge in [-0.05, 0) is 63.1 Å². The highest BCUT2D eigenvalue weighted by Gasteiger charge is 2.19. The molecule has 0 aliphatic rings. The van der Waals surface area contributed by atoms with E-state index in [-0.39, 0.29) is 0 Å². The van der Waals surface area contributed by atoms with Crippen molar-refractivity contribution in [2.45, 2.75) is 27.7 Å². The van der Waals surface area contributed by atoms with E-state index in [9.17, 15) is 0 Å². The van der Waals surface area contributed by atoms with Crippen molar-refractivity contribution in [1.29, 1.82) is 0 Å². The Morgan fingerprint density at radius 1 is 0.800 bits per heavy atom. The fraction of sp³-hybridized carbons (Fsp3) is 0.167. The van der Waals surface area contributed by atoms with Crippen molar-refractivity contribution in [3.05, 3.63) is 71.2 Å². The third-order valence-corrected chi connectivity index (χ3v) is 5.47. The van der Waals surface area contributed by atoms with Crippen molar-refractivity contribution in [3.63, 3.8) is 0 Å². The summed E-state index contributed by atoms with van der Waals surface area (Å²) < 4.78 is 1.89. The maximum absolute atomic E-state index is 6.22. The van der Waals surface area contributed by atoms with Crippen LogP contribution in [0.4, 0.5) is 5.95 Å². The lowest BCUT2D eigenvalue weighted by Crippen LogP contribution is -2.00. The van der Waals surface area contributed by atoms with Crippen LogP contribution in [0.25, 0.3) is 39.2 Å². The highest BCUT2D eigenvalue weighted by atomic mass is 15.1. The van der Waals surface area contributed by atoms with E-state index < -0.39 is 0 Å². The second kappa shape index (κ2) is 6.62. The van der Waals surface area contributed by atoms with Crippen LogP contribution in [-0.2, 0) is 0 Å². The summed E-state index contributed by atoms with van der Waals surface area (Å²) in [7, 11) is 0. The zero-order valence-corrected chi connectivity index (χ0v) is 17.4. The molecule has 30 heavy (non-hydrogen) atoms. The molecular weight excluding hydrogens is 372 g/mol. The van der Waals surface area contributed by atoms with Crippen LogP contribution in [0, 0.1) is 27.7 Å². The highest BCUT2D eigenvalue weighted by Crippen LogP contribution is 2.36. The van der Waals surface area contributed by atoms with Crippen molar-refractivity contribution in [1.82, 2.24) is 24.3 Å². The quantitative estimate of drug-likeness (QED) is 0.464. The summed E-state index contributed by atoms with van der Waals surface area (Å²) in [6.45, 7) is 8.28. The van der Waals surface area contributed by atoms with Gasteiger partial charge in [0.25, 0.3) is 0 Å². The number of anilines is 1. The number of hydrogen-bond donors (Lipinski definition) is 1. The van der Waals surface area contributed by atoms with Crippen LogP contribution in [0.5, 0.6) is 0 Å². The molecule has 4 heterocycles. The Hall–Kier alpha value is -3.80. The Morgan fingerprint density at radius 3 is 2.30 bits per heavy atom. The minimum Gasteiger partial charge on any atom is -0.369 e. The molecule has 0 fully saturated rings. The van der Waals surface area contributed by atoms with Crippen molar-refractivity contribution in [3.8, 4) is 22.6 Å². The number of aromatic nitrogens is 5. The highest BCUT2D eigenvalue weighted by molar-refractivity contribution is 6.04. The van der Waals surface area contributed by atoms with E-state index in [4.69, 9.17) is 15.7 Å². The molecule has 0 aliphatic heterocycles. The summed E-state index contributed by atoms with van der Waals surface area (Å²) in [6, 6.07) is 12.3. The van der Waals surface area contributed by atoms with Gasteiger partial charge < -0.3 is 5.73 Å². The lowest BCUT2D eigenvalue weighted by molar-refractivity contribution is 1.11. The molecule has 1 aromatic carbocycles. The first-order valence-electron chi connectivity index (χ1n) is 9.88. The van der Waals surface area contributed by atoms with Crippen LogP contribution in [0.3, 0.4) is 0 Å². The van der Waals surface area contributed by atoms with Crippen LogP contribution in [-0.4, -0.2) is 24.3 Å². The van der Waals surface area contributed by atoms with Crippen LogP contribution in [0.1, 0.15) is 22.4 Å². The average Bonchev–Trinajstić information content (AvgIpc) is 3.02. The maximum atomic E-state index is 6.22. The van der Waals surface area contributed by atoms with Crippen LogP contribution < -0.4 is 5.73 Å². The van der Waals surface area contributed by atoms with E-state index in [1.54, 1.807) is 6.20 Å². The first-order valence-corrected chi connectivity index (χ1v) is 9.88. The Balaban J connectivity index is 1.82. The molecule has 5 rings (SSSR count). The molecule has 0 bridgehead atoms. The Morgan fingerprint density at radius 2 is 1.53 bits per heavy atom. The van der Waals surface area contributed by atoms with Gasteiger partial charge in [-0.2, -0.15) is 0 Å². The summed E-state index contributed by atoms with van der Waals surface area (Å²) in [5, 5.41) is 0.988. The largest absolute Gasteiger partial charge is 0.369 e. The summed E-state index contributed by atoms with van der Waals surface area (Å²) in [5.41, 5.74) is 15.3. The molecule has 0 spiro atoms. The molecule has 6 nitrogen and oxygen atoms in total. The molecular formula is C24H22N6. The summed E-state index contributed by atoms with van der Waals surface area (Å²) in [5.74, 6) is 1.12. The number of nitrogens with zero attached hydrogens (tertiary/aromatic N) is 5. The van der Waals surface area contributed by atoms with Crippen molar-refractivity contribution in [2.75, 3.05) is 5.73 Å². The molecule has 0 saturated heterocycles. The van der Waals surface area contributed by atoms with Gasteiger partial charge in [-0.15, -0.1) is 0 Å². The molecule has 0 amide bonds. The topological polar surface area (TPSA) is 82.0 Å². The van der Waals surface area contributed by atoms with E-state index in [2.05, 4.69) is 48.9 Å². The molecule has 0 unspecified atom stereocenters. The van der Waals surface area contributed by atoms with Gasteiger partial charge in [0.2, 0.25) is 5.95 Å². The van der Waals surface area contributed by atoms with Crippen molar-refractivity contribution >= 4 is 22.5 Å². The Kier molecular flexibility index (Phi) is 4.03. The molecule has 2 N–H and O–H groups in total. The molecule has 0 radical (unpaired) electrons. The second-order valence-corrected chi connectivity index (χ2v) is 7.76. The Labute approximate surface area is 174 Å². The predicted octanol–water partition coefficient (Wildman–Crippen LogP) is 4.82. The van der Waals surface area contributed by atoms with Gasteiger partial charge in [-0.25, -0.2) is 19.9 Å². The number of fused-ring (bicyclic) bond motifs is 3. The van der Waals surface area contributed by atoms with Gasteiger partial charge in [-0.1, -0.05) is 17.7 Å². The van der Waals surface area contributed by atoms with E-state index in [1.807, 2.05) is 35.7 Å². The number of rotatable bonds is 2. The van der Waals surface area contributed by atoms with E-state index in [0.717, 1.165) is 44.9 Å². The van der Waals surface area contributed by atoms with Gasteiger partial charge in [0.05, 0.1) is 11.2 Å². The SMILES string of the molecule is Cc1cc(C)c(-c2nccc(-c3c4ccc(C)nc4n4c(N)nccc34)n2)c(C)c1. The van der Waals surface area contributed by atoms with E-state index in [0.29, 0.717) is 5.95 Å². The van der Waals surface area contributed by atoms with Gasteiger partial charge in [0.1, 0.15) is 5.65 Å². The number of nitrogens with two attached hydrogens (primary N) is 1. The number of benzene rings is 1. The van der Waals surface area contributed by atoms with Gasteiger partial charge in [0.15, 0.2) is 5.82 Å². The van der Waals surface area contributed by atoms with Gasteiger partial charge in [0, 0.05) is 34.6 Å². The Bertz CT molecular complexity index is 1420. The first kappa shape index (κ1) is 18.2. The van der Waals surface area contributed by atoms with Crippen LogP contribution in [0.15, 0.2) is 48.8 Å². The molecule has 4 aromatic heterocycles. The van der Waals surface area contributed by atoms with Crippen molar-refractivity contribution in [2.24, 2.45) is 0 Å². The predicted molar refractivity (Wildman–Crippen MR) is 120 cm³/mol. The summed E-state index contributed by atoms with van der Waals surface area (Å²) in [6.07, 6.45) is 3.54. The molecule has 0 atom stereocenters. The zero-order chi connectivity index (χ0) is 21.0. The monoisotopic (exact) mass is 394 g/mol. The average molecular weight is 394 g/mol. The fourth-order valence-electron chi connectivity index (χ4n) is 4.32. The maximum Gasteiger partial charge on any atom is 0.206 e. The molecule has 5 aromatic rings. The molecule has 0 aliphatic carbocycles. The first-order chi connectivity index (χ1) is 14.4. The number of aryl methyl sites for hydroxylation is 4. The third-order valence-electron chi connectivity index (χ3n) is 5.47. The standard InChI is InChI=1S/C24H22N6/c1-13-11-14(2)20(15(3)12-13)22-26-9-7-18(29-22)21-17-6-5-16(4)28-23(17)30-19(21)8-10-27-24(30)25/h5-12H,1-4H3,(H2,25,27). The molecule has 0 saturated carbocycles. The minimum absolute atomic E-state index is 0.404. The number of hydrogen-bond acceptors (Lipinski definition) is 5. The zero-order valence-electron chi connectivity index (χ0n) is 17.4. The van der Waals surface area contributed by atoms with Crippen molar-refractivity contribution < 1.29 is 0 Å². The van der Waals surface area contributed by atoms with Gasteiger partial charge >= 0.3 is 0 Å². The summed E-state index contributed by atoms with van der Waals surface area (Å²) in [4.78, 5) is 18.6. The molecule has 148 valence electrons. The van der Waals surface area contributed by atoms with E-state index in [1.165, 1.54) is 16.7 Å². The number of nitrogen functional groups attached to an aromatic ring is 1. The molecule has 6 heteroatoms. The third kappa shape index (κ3) is 2.72. The smallest absolute Gasteiger partial charge is 0.206 e. The lowest BCUT2D eigenvalue weighted by Gasteiger charge is -2.11. The minimum atomic E-state index is 0.404. The fourth-order valence-corrected chi connectivity index (χ4v) is 4.32. The number of pyridine rings is 1. The van der Waals surface area contributed by atoms with Gasteiger partial charge in [-0.3, -0.25) is 4.40 Å². The van der Waals surface area contributed by atoms with Crippen LogP contribution in [0.2, 0.25) is 0 Å². The lowest BCUT2D eigenvalue weighted by atomic mass is 9.99. The summed E-state index contributed by atoms with van der Waals surface area (Å²) >= 11 is 0. The normalized spacial score (nSPS) is 11.5. The second-order valence-electron chi connectivity index (χ2n) is 7.76.